The summed E-state index contributed by atoms with van der Waals surface area (Å²) in [6, 6.07) is 0. The van der Waals surface area contributed by atoms with Gasteiger partial charge in [-0.15, -0.1) is 24.8 Å². The molecule has 0 aliphatic heterocycles. The van der Waals surface area contributed by atoms with Crippen LogP contribution >= 0.6 is 24.8 Å². The molecule has 2 N–H and O–H groups in total. The molecule has 0 unspecified atom stereocenters. The van der Waals surface area contributed by atoms with Gasteiger partial charge in [-0.25, -0.2) is 9.97 Å². The van der Waals surface area contributed by atoms with E-state index in [9.17, 15) is 0 Å². The van der Waals surface area contributed by atoms with Gasteiger partial charge in [0.1, 0.15) is 5.82 Å². The smallest absolute Gasteiger partial charge is 0.142 e. The van der Waals surface area contributed by atoms with E-state index < -0.39 is 0 Å². The third kappa shape index (κ3) is 2.53. The van der Waals surface area contributed by atoms with E-state index in [2.05, 4.69) is 9.97 Å². The van der Waals surface area contributed by atoms with Crippen LogP contribution in [-0.2, 0) is 19.4 Å². The van der Waals surface area contributed by atoms with Gasteiger partial charge in [0.25, 0.3) is 0 Å². The molecule has 74 valence electrons. The number of hydrogen-bond acceptors (Lipinski definition) is 3. The quantitative estimate of drug-likeness (QED) is 0.778. The second-order valence-corrected chi connectivity index (χ2v) is 2.82. The average Bonchev–Trinajstić information content (AvgIpc) is 2.50. The highest BCUT2D eigenvalue weighted by Gasteiger charge is 2.12. The van der Waals surface area contributed by atoms with Crippen molar-refractivity contribution in [2.75, 3.05) is 0 Å². The lowest BCUT2D eigenvalue weighted by Crippen LogP contribution is -2.04. The van der Waals surface area contributed by atoms with Crippen molar-refractivity contribution >= 4 is 24.8 Å². The van der Waals surface area contributed by atoms with Crippen molar-refractivity contribution in [2.24, 2.45) is 5.73 Å². The Hall–Kier alpha value is -0.380. The van der Waals surface area contributed by atoms with Crippen LogP contribution in [-0.4, -0.2) is 9.97 Å². The zero-order valence-corrected chi connectivity index (χ0v) is 8.83. The van der Waals surface area contributed by atoms with E-state index in [1.165, 1.54) is 17.7 Å². The van der Waals surface area contributed by atoms with E-state index in [0.717, 1.165) is 18.7 Å². The fourth-order valence-electron chi connectivity index (χ4n) is 1.45. The second kappa shape index (κ2) is 5.37. The molecule has 1 aromatic rings. The van der Waals surface area contributed by atoms with Gasteiger partial charge in [0, 0.05) is 11.9 Å². The van der Waals surface area contributed by atoms with Crippen molar-refractivity contribution in [1.82, 2.24) is 9.97 Å². The van der Waals surface area contributed by atoms with Crippen molar-refractivity contribution in [2.45, 2.75) is 25.8 Å². The van der Waals surface area contributed by atoms with Gasteiger partial charge in [-0.05, 0) is 24.8 Å². The second-order valence-electron chi connectivity index (χ2n) is 2.82. The summed E-state index contributed by atoms with van der Waals surface area (Å²) in [4.78, 5) is 8.47. The van der Waals surface area contributed by atoms with Crippen molar-refractivity contribution in [1.29, 1.82) is 0 Å². The van der Waals surface area contributed by atoms with Gasteiger partial charge in [0.15, 0.2) is 0 Å². The molecule has 0 aromatic carbocycles. The summed E-state index contributed by atoms with van der Waals surface area (Å²) in [5.74, 6) is 0.769. The molecule has 1 aliphatic carbocycles. The standard InChI is InChI=1S/C8H11N3.2ClH/c9-4-8-10-5-6-2-1-3-7(6)11-8;;/h5H,1-4,9H2;2*1H. The van der Waals surface area contributed by atoms with Crippen LogP contribution in [0.5, 0.6) is 0 Å². The highest BCUT2D eigenvalue weighted by molar-refractivity contribution is 5.85. The van der Waals surface area contributed by atoms with Crippen LogP contribution in [0.3, 0.4) is 0 Å². The summed E-state index contributed by atoms with van der Waals surface area (Å²) >= 11 is 0. The first-order valence-electron chi connectivity index (χ1n) is 3.94. The molecule has 0 fully saturated rings. The number of halogens is 2. The van der Waals surface area contributed by atoms with Gasteiger partial charge >= 0.3 is 0 Å². The molecule has 0 bridgehead atoms. The minimum absolute atomic E-state index is 0. The Bertz CT molecular complexity index is 278. The Morgan fingerprint density at radius 3 is 2.77 bits per heavy atom. The summed E-state index contributed by atoms with van der Waals surface area (Å²) in [6.07, 6.45) is 5.38. The molecule has 1 aromatic heterocycles. The van der Waals surface area contributed by atoms with Crippen LogP contribution in [0.4, 0.5) is 0 Å². The average molecular weight is 222 g/mol. The first kappa shape index (κ1) is 12.6. The number of nitrogens with zero attached hydrogens (tertiary/aromatic N) is 2. The van der Waals surface area contributed by atoms with Crippen LogP contribution in [0.2, 0.25) is 0 Å². The van der Waals surface area contributed by atoms with Crippen LogP contribution in [0.15, 0.2) is 6.20 Å². The third-order valence-corrected chi connectivity index (χ3v) is 2.05. The predicted molar refractivity (Wildman–Crippen MR) is 56.4 cm³/mol. The normalized spacial score (nSPS) is 12.7. The molecular formula is C8H13Cl2N3. The van der Waals surface area contributed by atoms with Crippen molar-refractivity contribution in [3.05, 3.63) is 23.3 Å². The van der Waals surface area contributed by atoms with Crippen LogP contribution < -0.4 is 5.73 Å². The maximum Gasteiger partial charge on any atom is 0.142 e. The number of nitrogens with two attached hydrogens (primary N) is 1. The molecule has 0 saturated heterocycles. The molecule has 0 atom stereocenters. The highest BCUT2D eigenvalue weighted by atomic mass is 35.5. The van der Waals surface area contributed by atoms with Gasteiger partial charge in [0.2, 0.25) is 0 Å². The largest absolute Gasteiger partial charge is 0.324 e. The first-order valence-corrected chi connectivity index (χ1v) is 3.94. The number of aromatic nitrogens is 2. The number of fused-ring (bicyclic) bond motifs is 1. The van der Waals surface area contributed by atoms with Gasteiger partial charge in [-0.2, -0.15) is 0 Å². The maximum atomic E-state index is 5.42. The van der Waals surface area contributed by atoms with Gasteiger partial charge in [0.05, 0.1) is 6.54 Å². The molecule has 13 heavy (non-hydrogen) atoms. The van der Waals surface area contributed by atoms with Crippen molar-refractivity contribution in [3.63, 3.8) is 0 Å². The fraction of sp³-hybridized carbons (Fsp3) is 0.500. The van der Waals surface area contributed by atoms with Crippen molar-refractivity contribution < 1.29 is 0 Å². The monoisotopic (exact) mass is 221 g/mol. The zero-order chi connectivity index (χ0) is 7.68. The molecule has 1 heterocycles. The van der Waals surface area contributed by atoms with Gasteiger partial charge < -0.3 is 5.73 Å². The molecule has 2 rings (SSSR count). The minimum atomic E-state index is 0. The minimum Gasteiger partial charge on any atom is -0.324 e. The van der Waals surface area contributed by atoms with E-state index in [1.807, 2.05) is 6.20 Å². The van der Waals surface area contributed by atoms with Gasteiger partial charge in [-0.3, -0.25) is 0 Å². The lowest BCUT2D eigenvalue weighted by atomic mass is 10.3. The summed E-state index contributed by atoms with van der Waals surface area (Å²) in [6.45, 7) is 0.452. The van der Waals surface area contributed by atoms with Crippen LogP contribution in [0.25, 0.3) is 0 Å². The molecule has 3 nitrogen and oxygen atoms in total. The topological polar surface area (TPSA) is 51.8 Å². The van der Waals surface area contributed by atoms with E-state index in [1.54, 1.807) is 0 Å². The number of hydrogen-bond donors (Lipinski definition) is 1. The lowest BCUT2D eigenvalue weighted by Gasteiger charge is -1.98. The Labute approximate surface area is 90.0 Å². The molecule has 0 amide bonds. The third-order valence-electron chi connectivity index (χ3n) is 2.05. The fourth-order valence-corrected chi connectivity index (χ4v) is 1.45. The summed E-state index contributed by atoms with van der Waals surface area (Å²) in [5.41, 5.74) is 7.94. The molecule has 0 spiro atoms. The number of aryl methyl sites for hydroxylation is 2. The van der Waals surface area contributed by atoms with E-state index in [4.69, 9.17) is 5.73 Å². The van der Waals surface area contributed by atoms with Crippen molar-refractivity contribution in [3.8, 4) is 0 Å². The summed E-state index contributed by atoms with van der Waals surface area (Å²) in [5, 5.41) is 0. The summed E-state index contributed by atoms with van der Waals surface area (Å²) in [7, 11) is 0. The zero-order valence-electron chi connectivity index (χ0n) is 7.19. The molecule has 0 saturated carbocycles. The van der Waals surface area contributed by atoms with Crippen LogP contribution in [0, 0.1) is 0 Å². The van der Waals surface area contributed by atoms with Crippen LogP contribution in [0.1, 0.15) is 23.5 Å². The summed E-state index contributed by atoms with van der Waals surface area (Å²) < 4.78 is 0. The maximum absolute atomic E-state index is 5.42. The molecule has 5 heteroatoms. The SMILES string of the molecule is Cl.Cl.NCc1ncc2c(n1)CCC2. The molecular weight excluding hydrogens is 209 g/mol. The van der Waals surface area contributed by atoms with E-state index >= 15 is 0 Å². The Morgan fingerprint density at radius 1 is 1.31 bits per heavy atom. The molecule has 1 aliphatic rings. The van der Waals surface area contributed by atoms with Gasteiger partial charge in [-0.1, -0.05) is 0 Å². The highest BCUT2D eigenvalue weighted by Crippen LogP contribution is 2.18. The lowest BCUT2D eigenvalue weighted by molar-refractivity contribution is 0.864. The van der Waals surface area contributed by atoms with E-state index in [0.29, 0.717) is 6.54 Å². The Kier molecular flexibility index (Phi) is 5.21. The Morgan fingerprint density at radius 2 is 2.08 bits per heavy atom. The molecule has 0 radical (unpaired) electrons. The number of rotatable bonds is 1. The predicted octanol–water partition coefficient (Wildman–Crippen LogP) is 1.27. The Balaban J connectivity index is 0.000000720. The first-order chi connectivity index (χ1) is 5.40. The van der Waals surface area contributed by atoms with E-state index in [-0.39, 0.29) is 24.8 Å².